The van der Waals surface area contributed by atoms with Crippen LogP contribution in [0, 0.1) is 13.8 Å². The van der Waals surface area contributed by atoms with Gasteiger partial charge in [0.2, 0.25) is 5.95 Å². The second-order valence-corrected chi connectivity index (χ2v) is 5.63. The molecule has 1 atom stereocenters. The number of aryl methyl sites for hydroxylation is 2. The fourth-order valence-electron chi connectivity index (χ4n) is 3.03. The van der Waals surface area contributed by atoms with Crippen LogP contribution in [0.4, 0.5) is 5.95 Å². The van der Waals surface area contributed by atoms with Crippen molar-refractivity contribution in [2.75, 3.05) is 11.4 Å². The average Bonchev–Trinajstić information content (AvgIpc) is 2.87. The van der Waals surface area contributed by atoms with Crippen molar-refractivity contribution >= 4 is 5.95 Å². The van der Waals surface area contributed by atoms with E-state index in [2.05, 4.69) is 45.2 Å². The predicted octanol–water partition coefficient (Wildman–Crippen LogP) is 3.30. The Balaban J connectivity index is 1.81. The van der Waals surface area contributed by atoms with E-state index in [1.54, 1.807) is 0 Å². The Morgan fingerprint density at radius 1 is 1.10 bits per heavy atom. The number of nitrogens with zero attached hydrogens (tertiary/aromatic N) is 3. The summed E-state index contributed by atoms with van der Waals surface area (Å²) in [5.74, 6) is 0.904. The van der Waals surface area contributed by atoms with Gasteiger partial charge >= 0.3 is 0 Å². The first-order valence-corrected chi connectivity index (χ1v) is 7.35. The molecule has 2 aromatic rings. The minimum Gasteiger partial charge on any atom is -0.337 e. The number of hydrogen-bond acceptors (Lipinski definition) is 3. The van der Waals surface area contributed by atoms with Crippen molar-refractivity contribution in [3.63, 3.8) is 0 Å². The maximum Gasteiger partial charge on any atom is 0.226 e. The highest BCUT2D eigenvalue weighted by molar-refractivity contribution is 5.36. The Bertz CT molecular complexity index is 560. The molecule has 0 N–H and O–H groups in total. The molecule has 1 unspecified atom stereocenters. The largest absolute Gasteiger partial charge is 0.337 e. The van der Waals surface area contributed by atoms with Gasteiger partial charge in [-0.2, -0.15) is 0 Å². The van der Waals surface area contributed by atoms with E-state index in [1.165, 1.54) is 18.4 Å². The molecule has 0 amide bonds. The molecule has 1 aromatic heterocycles. The number of benzene rings is 1. The quantitative estimate of drug-likeness (QED) is 0.854. The highest BCUT2D eigenvalue weighted by Crippen LogP contribution is 2.25. The van der Waals surface area contributed by atoms with E-state index in [4.69, 9.17) is 0 Å². The molecule has 0 spiro atoms. The molecule has 3 nitrogen and oxygen atoms in total. The van der Waals surface area contributed by atoms with Crippen LogP contribution in [-0.2, 0) is 6.42 Å². The van der Waals surface area contributed by atoms with E-state index in [0.29, 0.717) is 6.04 Å². The molecular formula is C17H21N3. The van der Waals surface area contributed by atoms with Gasteiger partial charge in [0.25, 0.3) is 0 Å². The Morgan fingerprint density at radius 2 is 1.80 bits per heavy atom. The van der Waals surface area contributed by atoms with Crippen LogP contribution in [0.5, 0.6) is 0 Å². The van der Waals surface area contributed by atoms with Crippen LogP contribution in [0.1, 0.15) is 29.8 Å². The van der Waals surface area contributed by atoms with Crippen LogP contribution >= 0.6 is 0 Å². The van der Waals surface area contributed by atoms with Crippen LogP contribution in [0.2, 0.25) is 0 Å². The van der Waals surface area contributed by atoms with Gasteiger partial charge in [0.05, 0.1) is 0 Å². The van der Waals surface area contributed by atoms with Crippen molar-refractivity contribution in [2.45, 2.75) is 39.2 Å². The number of anilines is 1. The van der Waals surface area contributed by atoms with E-state index < -0.39 is 0 Å². The van der Waals surface area contributed by atoms with Gasteiger partial charge in [-0.1, -0.05) is 30.3 Å². The molecule has 1 saturated heterocycles. The Morgan fingerprint density at radius 3 is 2.50 bits per heavy atom. The van der Waals surface area contributed by atoms with Crippen LogP contribution in [0.3, 0.4) is 0 Å². The lowest BCUT2D eigenvalue weighted by Gasteiger charge is -2.25. The number of rotatable bonds is 3. The molecule has 0 saturated carbocycles. The van der Waals surface area contributed by atoms with Crippen LogP contribution < -0.4 is 4.90 Å². The lowest BCUT2D eigenvalue weighted by atomic mass is 10.0. The molecule has 0 aliphatic carbocycles. The highest BCUT2D eigenvalue weighted by atomic mass is 15.3. The Hall–Kier alpha value is -1.90. The summed E-state index contributed by atoms with van der Waals surface area (Å²) >= 11 is 0. The first-order valence-electron chi connectivity index (χ1n) is 7.35. The highest BCUT2D eigenvalue weighted by Gasteiger charge is 2.26. The minimum atomic E-state index is 0.526. The first-order chi connectivity index (χ1) is 9.72. The summed E-state index contributed by atoms with van der Waals surface area (Å²) in [5.41, 5.74) is 3.50. The van der Waals surface area contributed by atoms with Gasteiger partial charge in [0.1, 0.15) is 0 Å². The lowest BCUT2D eigenvalue weighted by molar-refractivity contribution is 0.649. The molecule has 1 aromatic carbocycles. The van der Waals surface area contributed by atoms with E-state index in [1.807, 2.05) is 19.9 Å². The van der Waals surface area contributed by atoms with Crippen molar-refractivity contribution in [3.05, 3.63) is 53.3 Å². The smallest absolute Gasteiger partial charge is 0.226 e. The molecule has 20 heavy (non-hydrogen) atoms. The standard InChI is InChI=1S/C17H21N3/c1-13-11-14(2)19-17(18-13)20-10-6-9-16(20)12-15-7-4-3-5-8-15/h3-5,7-8,11,16H,6,9-10,12H2,1-2H3. The van der Waals surface area contributed by atoms with Crippen molar-refractivity contribution in [1.82, 2.24) is 9.97 Å². The van der Waals surface area contributed by atoms with Crippen LogP contribution in [0.15, 0.2) is 36.4 Å². The Kier molecular flexibility index (Phi) is 3.68. The average molecular weight is 267 g/mol. The molecule has 3 heteroatoms. The molecule has 1 fully saturated rings. The molecule has 104 valence electrons. The topological polar surface area (TPSA) is 29.0 Å². The van der Waals surface area contributed by atoms with E-state index in [-0.39, 0.29) is 0 Å². The Labute approximate surface area is 120 Å². The van der Waals surface area contributed by atoms with E-state index in [9.17, 15) is 0 Å². The third kappa shape index (κ3) is 2.82. The summed E-state index contributed by atoms with van der Waals surface area (Å²) in [6, 6.07) is 13.3. The normalized spacial score (nSPS) is 18.5. The predicted molar refractivity (Wildman–Crippen MR) is 82.0 cm³/mol. The van der Waals surface area contributed by atoms with Crippen LogP contribution in [0.25, 0.3) is 0 Å². The summed E-state index contributed by atoms with van der Waals surface area (Å²) in [4.78, 5) is 11.6. The van der Waals surface area contributed by atoms with Crippen molar-refractivity contribution < 1.29 is 0 Å². The maximum absolute atomic E-state index is 4.62. The first kappa shape index (κ1) is 13.1. The molecule has 0 radical (unpaired) electrons. The van der Waals surface area contributed by atoms with E-state index in [0.717, 1.165) is 30.3 Å². The van der Waals surface area contributed by atoms with Crippen molar-refractivity contribution in [3.8, 4) is 0 Å². The summed E-state index contributed by atoms with van der Waals surface area (Å²) in [6.07, 6.45) is 3.54. The number of aromatic nitrogens is 2. The maximum atomic E-state index is 4.62. The van der Waals surface area contributed by atoms with Gasteiger partial charge in [-0.05, 0) is 44.7 Å². The molecule has 2 heterocycles. The third-order valence-corrected chi connectivity index (χ3v) is 3.92. The molecule has 3 rings (SSSR count). The number of hydrogen-bond donors (Lipinski definition) is 0. The van der Waals surface area contributed by atoms with Crippen molar-refractivity contribution in [2.24, 2.45) is 0 Å². The lowest BCUT2D eigenvalue weighted by Crippen LogP contribution is -2.32. The summed E-state index contributed by atoms with van der Waals surface area (Å²) in [6.45, 7) is 5.15. The van der Waals surface area contributed by atoms with Gasteiger partial charge in [0.15, 0.2) is 0 Å². The monoisotopic (exact) mass is 267 g/mol. The molecule has 0 bridgehead atoms. The fourth-order valence-corrected chi connectivity index (χ4v) is 3.03. The fraction of sp³-hybridized carbons (Fsp3) is 0.412. The van der Waals surface area contributed by atoms with Gasteiger partial charge < -0.3 is 4.90 Å². The SMILES string of the molecule is Cc1cc(C)nc(N2CCCC2Cc2ccccc2)n1. The second-order valence-electron chi connectivity index (χ2n) is 5.63. The van der Waals surface area contributed by atoms with Crippen LogP contribution in [-0.4, -0.2) is 22.6 Å². The van der Waals surface area contributed by atoms with Gasteiger partial charge in [-0.25, -0.2) is 9.97 Å². The zero-order valence-corrected chi connectivity index (χ0v) is 12.2. The third-order valence-electron chi connectivity index (χ3n) is 3.92. The zero-order chi connectivity index (χ0) is 13.9. The summed E-state index contributed by atoms with van der Waals surface area (Å²) in [5, 5.41) is 0. The van der Waals surface area contributed by atoms with Gasteiger partial charge in [0, 0.05) is 24.0 Å². The van der Waals surface area contributed by atoms with E-state index >= 15 is 0 Å². The van der Waals surface area contributed by atoms with Gasteiger partial charge in [-0.3, -0.25) is 0 Å². The molecule has 1 aliphatic rings. The summed E-state index contributed by atoms with van der Waals surface area (Å²) in [7, 11) is 0. The van der Waals surface area contributed by atoms with Gasteiger partial charge in [-0.15, -0.1) is 0 Å². The molecular weight excluding hydrogens is 246 g/mol. The minimum absolute atomic E-state index is 0.526. The molecule has 1 aliphatic heterocycles. The summed E-state index contributed by atoms with van der Waals surface area (Å²) < 4.78 is 0. The second kappa shape index (κ2) is 5.61. The van der Waals surface area contributed by atoms with Crippen molar-refractivity contribution in [1.29, 1.82) is 0 Å². The zero-order valence-electron chi connectivity index (χ0n) is 12.2.